The summed E-state index contributed by atoms with van der Waals surface area (Å²) < 4.78 is 10.6. The van der Waals surface area contributed by atoms with Crippen molar-refractivity contribution in [1.29, 1.82) is 0 Å². The first kappa shape index (κ1) is 16.3. The molecule has 2 aromatic heterocycles. The van der Waals surface area contributed by atoms with E-state index in [1.807, 2.05) is 18.2 Å². The molecule has 124 valence electrons. The summed E-state index contributed by atoms with van der Waals surface area (Å²) >= 11 is 1.71. The fourth-order valence-corrected chi connectivity index (χ4v) is 3.36. The second-order valence-corrected chi connectivity index (χ2v) is 6.47. The summed E-state index contributed by atoms with van der Waals surface area (Å²) in [6, 6.07) is 8.04. The Morgan fingerprint density at radius 1 is 1.08 bits per heavy atom. The summed E-state index contributed by atoms with van der Waals surface area (Å²) in [6.07, 6.45) is 5.17. The molecule has 0 saturated heterocycles. The maximum atomic E-state index is 5.35. The van der Waals surface area contributed by atoms with E-state index < -0.39 is 0 Å². The molecule has 3 aromatic rings. The monoisotopic (exact) mass is 341 g/mol. The zero-order valence-corrected chi connectivity index (χ0v) is 14.7. The molecule has 1 aromatic carbocycles. The van der Waals surface area contributed by atoms with Gasteiger partial charge < -0.3 is 14.8 Å². The van der Waals surface area contributed by atoms with Gasteiger partial charge in [0.1, 0.15) is 0 Å². The third kappa shape index (κ3) is 3.49. The molecule has 24 heavy (non-hydrogen) atoms. The van der Waals surface area contributed by atoms with Crippen molar-refractivity contribution < 1.29 is 9.47 Å². The van der Waals surface area contributed by atoms with Gasteiger partial charge in [-0.1, -0.05) is 6.07 Å². The van der Waals surface area contributed by atoms with Gasteiger partial charge in [0, 0.05) is 29.5 Å². The number of ether oxygens (including phenoxy) is 2. The molecule has 0 saturated carbocycles. The minimum atomic E-state index is 0.706. The van der Waals surface area contributed by atoms with Gasteiger partial charge in [0.05, 0.1) is 31.0 Å². The lowest BCUT2D eigenvalue weighted by Crippen LogP contribution is -2.00. The van der Waals surface area contributed by atoms with E-state index in [4.69, 9.17) is 9.47 Å². The smallest absolute Gasteiger partial charge is 0.161 e. The van der Waals surface area contributed by atoms with Crippen LogP contribution in [0.1, 0.15) is 10.4 Å². The van der Waals surface area contributed by atoms with Crippen LogP contribution in [-0.2, 0) is 6.54 Å². The number of rotatable bonds is 6. The molecule has 3 rings (SSSR count). The molecule has 0 bridgehead atoms. The third-order valence-corrected chi connectivity index (χ3v) is 4.74. The van der Waals surface area contributed by atoms with Gasteiger partial charge in [-0.3, -0.25) is 9.97 Å². The van der Waals surface area contributed by atoms with E-state index in [-0.39, 0.29) is 0 Å². The number of nitrogens with zero attached hydrogens (tertiary/aromatic N) is 2. The van der Waals surface area contributed by atoms with E-state index in [0.29, 0.717) is 6.54 Å². The number of nitrogens with one attached hydrogen (secondary N) is 1. The molecular weight excluding hydrogens is 322 g/mol. The molecular formula is C18H19N3O2S. The Bertz CT molecular complexity index is 818. The standard InChI is InChI=1S/C18H19N3O2S/c1-12-14(9-18(24-12)15-11-19-6-7-20-15)21-10-13-4-5-16(22-2)17(8-13)23-3/h4-9,11,21H,10H2,1-3H3. The average Bonchev–Trinajstić information content (AvgIpc) is 3.01. The maximum absolute atomic E-state index is 5.35. The fraction of sp³-hybridized carbons (Fsp3) is 0.222. The van der Waals surface area contributed by atoms with Crippen LogP contribution in [0.3, 0.4) is 0 Å². The number of aromatic nitrogens is 2. The zero-order valence-electron chi connectivity index (χ0n) is 13.9. The average molecular weight is 341 g/mol. The van der Waals surface area contributed by atoms with Crippen molar-refractivity contribution >= 4 is 17.0 Å². The highest BCUT2D eigenvalue weighted by Crippen LogP contribution is 2.33. The van der Waals surface area contributed by atoms with E-state index in [1.54, 1.807) is 44.1 Å². The molecule has 6 heteroatoms. The van der Waals surface area contributed by atoms with Crippen molar-refractivity contribution in [2.75, 3.05) is 19.5 Å². The lowest BCUT2D eigenvalue weighted by Gasteiger charge is -2.10. The van der Waals surface area contributed by atoms with Gasteiger partial charge in [-0.25, -0.2) is 0 Å². The van der Waals surface area contributed by atoms with Crippen molar-refractivity contribution in [2.24, 2.45) is 0 Å². The van der Waals surface area contributed by atoms with Crippen LogP contribution in [0, 0.1) is 6.92 Å². The lowest BCUT2D eigenvalue weighted by atomic mass is 10.2. The molecule has 5 nitrogen and oxygen atoms in total. The van der Waals surface area contributed by atoms with Crippen molar-refractivity contribution in [3.8, 4) is 22.1 Å². The molecule has 0 aliphatic heterocycles. The van der Waals surface area contributed by atoms with Gasteiger partial charge in [0.25, 0.3) is 0 Å². The largest absolute Gasteiger partial charge is 0.493 e. The lowest BCUT2D eigenvalue weighted by molar-refractivity contribution is 0.354. The van der Waals surface area contributed by atoms with Crippen molar-refractivity contribution in [3.05, 3.63) is 53.3 Å². The number of hydrogen-bond donors (Lipinski definition) is 1. The summed E-state index contributed by atoms with van der Waals surface area (Å²) in [5.74, 6) is 1.47. The van der Waals surface area contributed by atoms with Gasteiger partial charge in [-0.2, -0.15) is 0 Å². The van der Waals surface area contributed by atoms with Crippen LogP contribution in [0.5, 0.6) is 11.5 Å². The van der Waals surface area contributed by atoms with Crippen LogP contribution in [0.15, 0.2) is 42.9 Å². The SMILES string of the molecule is COc1ccc(CNc2cc(-c3cnccn3)sc2C)cc1OC. The fourth-order valence-electron chi connectivity index (χ4n) is 2.40. The van der Waals surface area contributed by atoms with Crippen LogP contribution in [0.25, 0.3) is 10.6 Å². The van der Waals surface area contributed by atoms with E-state index >= 15 is 0 Å². The predicted octanol–water partition coefficient (Wildman–Crippen LogP) is 4.14. The summed E-state index contributed by atoms with van der Waals surface area (Å²) in [5.41, 5.74) is 3.12. The Morgan fingerprint density at radius 2 is 1.92 bits per heavy atom. The predicted molar refractivity (Wildman–Crippen MR) is 97.0 cm³/mol. The number of anilines is 1. The van der Waals surface area contributed by atoms with Gasteiger partial charge in [0.15, 0.2) is 11.5 Å². The van der Waals surface area contributed by atoms with E-state index in [1.165, 1.54) is 4.88 Å². The first-order valence-electron chi connectivity index (χ1n) is 7.53. The van der Waals surface area contributed by atoms with E-state index in [2.05, 4.69) is 28.3 Å². The summed E-state index contributed by atoms with van der Waals surface area (Å²) in [6.45, 7) is 2.80. The van der Waals surface area contributed by atoms with Crippen LogP contribution >= 0.6 is 11.3 Å². The van der Waals surface area contributed by atoms with Crippen LogP contribution in [-0.4, -0.2) is 24.2 Å². The normalized spacial score (nSPS) is 10.5. The second kappa shape index (κ2) is 7.31. The van der Waals surface area contributed by atoms with Gasteiger partial charge in [-0.15, -0.1) is 11.3 Å². The molecule has 0 unspecified atom stereocenters. The quantitative estimate of drug-likeness (QED) is 0.730. The Balaban J connectivity index is 1.74. The maximum Gasteiger partial charge on any atom is 0.161 e. The molecule has 0 amide bonds. The minimum absolute atomic E-state index is 0.706. The van der Waals surface area contributed by atoms with Gasteiger partial charge in [0.2, 0.25) is 0 Å². The summed E-state index contributed by atoms with van der Waals surface area (Å²) in [7, 11) is 3.28. The molecule has 0 aliphatic carbocycles. The summed E-state index contributed by atoms with van der Waals surface area (Å²) in [5, 5.41) is 3.47. The van der Waals surface area contributed by atoms with E-state index in [0.717, 1.165) is 33.3 Å². The summed E-state index contributed by atoms with van der Waals surface area (Å²) in [4.78, 5) is 10.8. The van der Waals surface area contributed by atoms with Gasteiger partial charge in [-0.05, 0) is 30.7 Å². The number of thiophene rings is 1. The first-order valence-corrected chi connectivity index (χ1v) is 8.34. The Morgan fingerprint density at radius 3 is 2.62 bits per heavy atom. The van der Waals surface area contributed by atoms with Crippen LogP contribution < -0.4 is 14.8 Å². The van der Waals surface area contributed by atoms with Crippen LogP contribution in [0.4, 0.5) is 5.69 Å². The van der Waals surface area contributed by atoms with Crippen molar-refractivity contribution in [3.63, 3.8) is 0 Å². The molecule has 0 aliphatic rings. The topological polar surface area (TPSA) is 56.3 Å². The Hall–Kier alpha value is -2.60. The molecule has 0 radical (unpaired) electrons. The highest BCUT2D eigenvalue weighted by molar-refractivity contribution is 7.16. The highest BCUT2D eigenvalue weighted by Gasteiger charge is 2.09. The van der Waals surface area contributed by atoms with E-state index in [9.17, 15) is 0 Å². The van der Waals surface area contributed by atoms with Crippen LogP contribution in [0.2, 0.25) is 0 Å². The molecule has 2 heterocycles. The third-order valence-electron chi connectivity index (χ3n) is 3.66. The number of benzene rings is 1. The molecule has 0 atom stereocenters. The van der Waals surface area contributed by atoms with Crippen molar-refractivity contribution in [2.45, 2.75) is 13.5 Å². The first-order chi connectivity index (χ1) is 11.7. The molecule has 1 N–H and O–H groups in total. The zero-order chi connectivity index (χ0) is 16.9. The molecule has 0 fully saturated rings. The number of methoxy groups -OCH3 is 2. The number of hydrogen-bond acceptors (Lipinski definition) is 6. The highest BCUT2D eigenvalue weighted by atomic mass is 32.1. The second-order valence-electron chi connectivity index (χ2n) is 5.21. The molecule has 0 spiro atoms. The Labute approximate surface area is 145 Å². The van der Waals surface area contributed by atoms with Gasteiger partial charge >= 0.3 is 0 Å². The number of aryl methyl sites for hydroxylation is 1. The van der Waals surface area contributed by atoms with Crippen molar-refractivity contribution in [1.82, 2.24) is 9.97 Å². The Kier molecular flexibility index (Phi) is 4.96. The minimum Gasteiger partial charge on any atom is -0.493 e.